The third-order valence-corrected chi connectivity index (χ3v) is 4.52. The molecule has 0 N–H and O–H groups in total. The van der Waals surface area contributed by atoms with E-state index >= 15 is 0 Å². The second kappa shape index (κ2) is 6.65. The zero-order valence-electron chi connectivity index (χ0n) is 15.1. The van der Waals surface area contributed by atoms with Crippen molar-refractivity contribution in [1.82, 2.24) is 29.8 Å². The van der Waals surface area contributed by atoms with Crippen molar-refractivity contribution in [2.75, 3.05) is 0 Å². The van der Waals surface area contributed by atoms with Crippen LogP contribution in [0.2, 0.25) is 0 Å². The second-order valence-corrected chi connectivity index (χ2v) is 6.38. The normalized spacial score (nSPS) is 11.1. The van der Waals surface area contributed by atoms with E-state index in [1.165, 1.54) is 29.1 Å². The van der Waals surface area contributed by atoms with Crippen LogP contribution in [0.4, 0.5) is 5.69 Å². The lowest BCUT2D eigenvalue weighted by Crippen LogP contribution is -2.23. The minimum absolute atomic E-state index is 0.0746. The van der Waals surface area contributed by atoms with Crippen molar-refractivity contribution in [2.45, 2.75) is 20.4 Å². The largest absolute Gasteiger partial charge is 0.291 e. The Morgan fingerprint density at radius 2 is 1.89 bits per heavy atom. The fourth-order valence-corrected chi connectivity index (χ4v) is 3.14. The number of fused-ring (bicyclic) bond motifs is 1. The molecule has 0 saturated carbocycles. The average molecular weight is 377 g/mol. The maximum atomic E-state index is 12.8. The minimum atomic E-state index is -0.544. The zero-order chi connectivity index (χ0) is 19.8. The van der Waals surface area contributed by atoms with Crippen LogP contribution in [0.1, 0.15) is 17.0 Å². The lowest BCUT2D eigenvalue weighted by atomic mass is 10.1. The van der Waals surface area contributed by atoms with Gasteiger partial charge in [0.15, 0.2) is 5.82 Å². The van der Waals surface area contributed by atoms with Crippen molar-refractivity contribution in [3.63, 3.8) is 0 Å². The molecule has 0 aliphatic carbocycles. The van der Waals surface area contributed by atoms with Crippen LogP contribution in [0.25, 0.3) is 16.6 Å². The van der Waals surface area contributed by atoms with Crippen LogP contribution >= 0.6 is 0 Å². The Hall–Kier alpha value is -3.95. The summed E-state index contributed by atoms with van der Waals surface area (Å²) in [4.78, 5) is 27.5. The van der Waals surface area contributed by atoms with Crippen LogP contribution in [0, 0.1) is 24.0 Å². The van der Waals surface area contributed by atoms with E-state index in [2.05, 4.69) is 20.5 Å². The Balaban J connectivity index is 1.80. The highest BCUT2D eigenvalue weighted by Gasteiger charge is 2.16. The van der Waals surface area contributed by atoms with Gasteiger partial charge in [0, 0.05) is 12.1 Å². The highest BCUT2D eigenvalue weighted by atomic mass is 16.6. The summed E-state index contributed by atoms with van der Waals surface area (Å²) < 4.78 is 2.93. The summed E-state index contributed by atoms with van der Waals surface area (Å²) >= 11 is 0. The molecule has 10 nitrogen and oxygen atoms in total. The van der Waals surface area contributed by atoms with E-state index in [0.29, 0.717) is 11.3 Å². The van der Waals surface area contributed by atoms with E-state index < -0.39 is 10.5 Å². The molecule has 0 saturated heterocycles. The number of nitro benzene ring substituents is 1. The number of non-ortho nitro benzene ring substituents is 1. The van der Waals surface area contributed by atoms with Crippen molar-refractivity contribution in [3.05, 3.63) is 80.1 Å². The third kappa shape index (κ3) is 2.90. The van der Waals surface area contributed by atoms with Gasteiger partial charge in [0.25, 0.3) is 11.2 Å². The first kappa shape index (κ1) is 17.5. The molecule has 2 aromatic carbocycles. The van der Waals surface area contributed by atoms with Gasteiger partial charge in [0.05, 0.1) is 34.4 Å². The maximum Gasteiger partial charge on any atom is 0.270 e. The number of nitro groups is 1. The number of benzene rings is 2. The highest BCUT2D eigenvalue weighted by Crippen LogP contribution is 2.19. The van der Waals surface area contributed by atoms with Crippen LogP contribution in [0.5, 0.6) is 0 Å². The molecule has 4 rings (SSSR count). The molecule has 4 aromatic rings. The first-order valence-electron chi connectivity index (χ1n) is 8.43. The molecule has 0 radical (unpaired) electrons. The molecule has 140 valence electrons. The lowest BCUT2D eigenvalue weighted by molar-refractivity contribution is -0.384. The summed E-state index contributed by atoms with van der Waals surface area (Å²) in [6.07, 6.45) is 1.39. The Bertz CT molecular complexity index is 1260. The van der Waals surface area contributed by atoms with Gasteiger partial charge in [0.1, 0.15) is 0 Å². The van der Waals surface area contributed by atoms with E-state index in [1.807, 2.05) is 32.0 Å². The highest BCUT2D eigenvalue weighted by molar-refractivity contribution is 5.79. The monoisotopic (exact) mass is 377 g/mol. The van der Waals surface area contributed by atoms with Gasteiger partial charge in [-0.1, -0.05) is 18.2 Å². The summed E-state index contributed by atoms with van der Waals surface area (Å²) in [6, 6.07) is 9.87. The molecule has 2 aromatic heterocycles. The van der Waals surface area contributed by atoms with Crippen LogP contribution in [0.3, 0.4) is 0 Å². The van der Waals surface area contributed by atoms with Crippen molar-refractivity contribution in [2.24, 2.45) is 0 Å². The number of hydrogen-bond donors (Lipinski definition) is 0. The van der Waals surface area contributed by atoms with E-state index in [4.69, 9.17) is 0 Å². The lowest BCUT2D eigenvalue weighted by Gasteiger charge is -2.11. The van der Waals surface area contributed by atoms with E-state index in [-0.39, 0.29) is 17.6 Å². The van der Waals surface area contributed by atoms with Crippen molar-refractivity contribution >= 4 is 16.6 Å². The van der Waals surface area contributed by atoms with Crippen molar-refractivity contribution < 1.29 is 4.92 Å². The summed E-state index contributed by atoms with van der Waals surface area (Å²) in [5.41, 5.74) is 2.66. The fourth-order valence-electron chi connectivity index (χ4n) is 3.14. The van der Waals surface area contributed by atoms with Crippen LogP contribution in [-0.2, 0) is 6.54 Å². The summed E-state index contributed by atoms with van der Waals surface area (Å²) in [5, 5.41) is 23.0. The van der Waals surface area contributed by atoms with Crippen LogP contribution in [-0.4, -0.2) is 34.7 Å². The average Bonchev–Trinajstić information content (AvgIpc) is 3.11. The van der Waals surface area contributed by atoms with Crippen LogP contribution in [0.15, 0.2) is 47.5 Å². The molecule has 10 heteroatoms. The van der Waals surface area contributed by atoms with E-state index in [0.717, 1.165) is 16.8 Å². The molecule has 28 heavy (non-hydrogen) atoms. The number of tetrazole rings is 1. The Morgan fingerprint density at radius 3 is 2.61 bits per heavy atom. The van der Waals surface area contributed by atoms with Crippen LogP contribution < -0.4 is 5.56 Å². The molecular weight excluding hydrogens is 362 g/mol. The number of aryl methyl sites for hydroxylation is 2. The number of hydrogen-bond acceptors (Lipinski definition) is 7. The maximum absolute atomic E-state index is 12.8. The molecule has 0 aliphatic rings. The molecular formula is C18H15N7O3. The molecule has 0 amide bonds. The zero-order valence-corrected chi connectivity index (χ0v) is 15.1. The van der Waals surface area contributed by atoms with E-state index in [9.17, 15) is 14.9 Å². The molecule has 2 heterocycles. The van der Waals surface area contributed by atoms with Gasteiger partial charge in [0.2, 0.25) is 0 Å². The van der Waals surface area contributed by atoms with Gasteiger partial charge in [-0.05, 0) is 41.5 Å². The Morgan fingerprint density at radius 1 is 1.14 bits per heavy atom. The Labute approximate surface area is 158 Å². The predicted octanol–water partition coefficient (Wildman–Crippen LogP) is 1.95. The van der Waals surface area contributed by atoms with Crippen molar-refractivity contribution in [1.29, 1.82) is 0 Å². The number of aromatic nitrogens is 6. The summed E-state index contributed by atoms with van der Waals surface area (Å²) in [6.45, 7) is 3.98. The first-order chi connectivity index (χ1) is 13.5. The molecule has 0 aliphatic heterocycles. The third-order valence-electron chi connectivity index (χ3n) is 4.52. The molecule has 0 atom stereocenters. The van der Waals surface area contributed by atoms with Gasteiger partial charge >= 0.3 is 0 Å². The van der Waals surface area contributed by atoms with Crippen molar-refractivity contribution in [3.8, 4) is 5.69 Å². The van der Waals surface area contributed by atoms with Gasteiger partial charge in [-0.15, -0.1) is 5.10 Å². The van der Waals surface area contributed by atoms with Gasteiger partial charge in [-0.25, -0.2) is 4.98 Å². The smallest absolute Gasteiger partial charge is 0.270 e. The molecule has 0 bridgehead atoms. The predicted molar refractivity (Wildman–Crippen MR) is 100 cm³/mol. The first-order valence-corrected chi connectivity index (χ1v) is 8.43. The van der Waals surface area contributed by atoms with Gasteiger partial charge in [-0.3, -0.25) is 19.5 Å². The topological polar surface area (TPSA) is 122 Å². The molecule has 0 unspecified atom stereocenters. The molecule has 0 fully saturated rings. The van der Waals surface area contributed by atoms with Gasteiger partial charge < -0.3 is 0 Å². The standard InChI is InChI=1S/C18H15N7O3/c1-11-4-3-5-12(2)17(11)24-16(20-21-22-24)9-23-10-19-15-7-6-13(25(27)28)8-14(15)18(23)26/h3-8,10H,9H2,1-2H3. The summed E-state index contributed by atoms with van der Waals surface area (Å²) in [5.74, 6) is 0.450. The summed E-state index contributed by atoms with van der Waals surface area (Å²) in [7, 11) is 0. The van der Waals surface area contributed by atoms with E-state index in [1.54, 1.807) is 4.68 Å². The Kier molecular flexibility index (Phi) is 4.15. The fraction of sp³-hybridized carbons (Fsp3) is 0.167. The molecule has 0 spiro atoms. The quantitative estimate of drug-likeness (QED) is 0.393. The number of nitrogens with zero attached hydrogens (tertiary/aromatic N) is 7. The SMILES string of the molecule is Cc1cccc(C)c1-n1nnnc1Cn1cnc2ccc([N+](=O)[O-])cc2c1=O. The van der Waals surface area contributed by atoms with Gasteiger partial charge in [-0.2, -0.15) is 4.68 Å². The number of para-hydroxylation sites is 1. The second-order valence-electron chi connectivity index (χ2n) is 6.38. The number of rotatable bonds is 4. The minimum Gasteiger partial charge on any atom is -0.291 e.